The third-order valence-electron chi connectivity index (χ3n) is 3.67. The Kier molecular flexibility index (Phi) is 7.99. The predicted molar refractivity (Wildman–Crippen MR) is 85.5 cm³/mol. The molecule has 1 atom stereocenters. The Bertz CT molecular complexity index is 418. The van der Waals surface area contributed by atoms with Gasteiger partial charge in [0.15, 0.2) is 0 Å². The zero-order valence-electron chi connectivity index (χ0n) is 13.2. The summed E-state index contributed by atoms with van der Waals surface area (Å²) in [5, 5.41) is 12.4. The molecule has 0 heterocycles. The van der Waals surface area contributed by atoms with E-state index in [4.69, 9.17) is 5.26 Å². The van der Waals surface area contributed by atoms with E-state index in [-0.39, 0.29) is 0 Å². The third kappa shape index (κ3) is 6.73. The number of benzene rings is 1. The minimum atomic E-state index is 0.318. The number of nitrogens with one attached hydrogen (secondary N) is 1. The molecular weight excluding hydrogens is 244 g/mol. The molecule has 1 aromatic carbocycles. The lowest BCUT2D eigenvalue weighted by molar-refractivity contribution is 0.498. The molecule has 0 aromatic heterocycles. The zero-order valence-corrected chi connectivity index (χ0v) is 13.2. The van der Waals surface area contributed by atoms with Gasteiger partial charge in [-0.2, -0.15) is 5.26 Å². The third-order valence-corrected chi connectivity index (χ3v) is 3.67. The minimum absolute atomic E-state index is 0.318. The molecule has 0 spiro atoms. The van der Waals surface area contributed by atoms with Crippen LogP contribution in [0.1, 0.15) is 70.0 Å². The largest absolute Gasteiger partial charge is 0.310 e. The van der Waals surface area contributed by atoms with E-state index in [0.717, 1.165) is 18.0 Å². The Morgan fingerprint density at radius 2 is 1.85 bits per heavy atom. The predicted octanol–water partition coefficient (Wildman–Crippen LogP) is 4.82. The van der Waals surface area contributed by atoms with E-state index in [1.54, 1.807) is 0 Å². The van der Waals surface area contributed by atoms with Crippen molar-refractivity contribution in [2.75, 3.05) is 6.54 Å². The Hall–Kier alpha value is -1.33. The maximum atomic E-state index is 8.91. The maximum Gasteiger partial charge on any atom is 0.0991 e. The topological polar surface area (TPSA) is 35.8 Å². The summed E-state index contributed by atoms with van der Waals surface area (Å²) < 4.78 is 0. The monoisotopic (exact) mass is 272 g/mol. The zero-order chi connectivity index (χ0) is 14.8. The van der Waals surface area contributed by atoms with Gasteiger partial charge in [0.25, 0.3) is 0 Å². The van der Waals surface area contributed by atoms with E-state index in [9.17, 15) is 0 Å². The van der Waals surface area contributed by atoms with Crippen LogP contribution in [0.25, 0.3) is 0 Å². The molecule has 0 saturated carbocycles. The molecule has 2 nitrogen and oxygen atoms in total. The second kappa shape index (κ2) is 9.55. The lowest BCUT2D eigenvalue weighted by Gasteiger charge is -2.14. The number of nitriles is 1. The number of hydrogen-bond acceptors (Lipinski definition) is 2. The summed E-state index contributed by atoms with van der Waals surface area (Å²) in [6.07, 6.45) is 6.60. The van der Waals surface area contributed by atoms with Crippen LogP contribution < -0.4 is 5.32 Å². The molecule has 110 valence electrons. The van der Waals surface area contributed by atoms with Crippen LogP contribution in [-0.2, 0) is 0 Å². The fourth-order valence-electron chi connectivity index (χ4n) is 2.35. The molecule has 1 rings (SSSR count). The van der Waals surface area contributed by atoms with Crippen LogP contribution in [0.5, 0.6) is 0 Å². The highest BCUT2D eigenvalue weighted by Gasteiger charge is 2.04. The summed E-state index contributed by atoms with van der Waals surface area (Å²) in [7, 11) is 0. The smallest absolute Gasteiger partial charge is 0.0991 e. The average molecular weight is 272 g/mol. The van der Waals surface area contributed by atoms with Gasteiger partial charge >= 0.3 is 0 Å². The maximum absolute atomic E-state index is 8.91. The minimum Gasteiger partial charge on any atom is -0.310 e. The molecule has 0 aliphatic rings. The van der Waals surface area contributed by atoms with E-state index in [1.807, 2.05) is 18.2 Å². The second-order valence-electron chi connectivity index (χ2n) is 6.01. The number of rotatable bonds is 9. The van der Waals surface area contributed by atoms with E-state index < -0.39 is 0 Å². The first-order chi connectivity index (χ1) is 9.63. The molecule has 0 fully saturated rings. The highest BCUT2D eigenvalue weighted by Crippen LogP contribution is 2.14. The summed E-state index contributed by atoms with van der Waals surface area (Å²) in [4.78, 5) is 0. The van der Waals surface area contributed by atoms with Crippen LogP contribution in [-0.4, -0.2) is 6.54 Å². The summed E-state index contributed by atoms with van der Waals surface area (Å²) >= 11 is 0. The molecule has 0 aliphatic carbocycles. The normalized spacial score (nSPS) is 12.3. The summed E-state index contributed by atoms with van der Waals surface area (Å²) in [6, 6.07) is 10.4. The quantitative estimate of drug-likeness (QED) is 0.654. The van der Waals surface area contributed by atoms with Gasteiger partial charge in [0.1, 0.15) is 0 Å². The summed E-state index contributed by atoms with van der Waals surface area (Å²) in [5.74, 6) is 0.834. The molecule has 1 N–H and O–H groups in total. The van der Waals surface area contributed by atoms with Gasteiger partial charge in [0.2, 0.25) is 0 Å². The molecule has 1 aromatic rings. The van der Waals surface area contributed by atoms with E-state index in [2.05, 4.69) is 38.2 Å². The van der Waals surface area contributed by atoms with Crippen molar-refractivity contribution in [1.29, 1.82) is 5.26 Å². The SMILES string of the molecule is CC(C)CCCCCCNC(C)c1cccc(C#N)c1. The van der Waals surface area contributed by atoms with Crippen molar-refractivity contribution in [3.05, 3.63) is 35.4 Å². The summed E-state index contributed by atoms with van der Waals surface area (Å²) in [6.45, 7) is 7.80. The van der Waals surface area contributed by atoms with Gasteiger partial charge in [0.05, 0.1) is 11.6 Å². The van der Waals surface area contributed by atoms with Crippen molar-refractivity contribution >= 4 is 0 Å². The van der Waals surface area contributed by atoms with Crippen LogP contribution in [0.15, 0.2) is 24.3 Å². The highest BCUT2D eigenvalue weighted by atomic mass is 14.9. The molecule has 0 radical (unpaired) electrons. The van der Waals surface area contributed by atoms with Gasteiger partial charge in [-0.3, -0.25) is 0 Å². The standard InChI is InChI=1S/C18H28N2/c1-15(2)9-6-4-5-7-12-20-16(3)18-11-8-10-17(13-18)14-19/h8,10-11,13,15-16,20H,4-7,9,12H2,1-3H3. The van der Waals surface area contributed by atoms with Gasteiger partial charge in [-0.05, 0) is 43.5 Å². The molecule has 0 amide bonds. The number of nitrogens with zero attached hydrogens (tertiary/aromatic N) is 1. The van der Waals surface area contributed by atoms with Crippen LogP contribution >= 0.6 is 0 Å². The molecule has 1 unspecified atom stereocenters. The Balaban J connectivity index is 2.17. The first-order valence-corrected chi connectivity index (χ1v) is 7.87. The van der Waals surface area contributed by atoms with Gasteiger partial charge in [0, 0.05) is 6.04 Å². The second-order valence-corrected chi connectivity index (χ2v) is 6.01. The highest BCUT2D eigenvalue weighted by molar-refractivity contribution is 5.33. The van der Waals surface area contributed by atoms with Gasteiger partial charge in [-0.1, -0.05) is 51.7 Å². The molecule has 0 aliphatic heterocycles. The molecule has 0 saturated heterocycles. The van der Waals surface area contributed by atoms with Crippen molar-refractivity contribution < 1.29 is 0 Å². The van der Waals surface area contributed by atoms with Crippen molar-refractivity contribution in [1.82, 2.24) is 5.32 Å². The van der Waals surface area contributed by atoms with E-state index in [1.165, 1.54) is 37.7 Å². The Morgan fingerprint density at radius 1 is 1.10 bits per heavy atom. The first-order valence-electron chi connectivity index (χ1n) is 7.87. The van der Waals surface area contributed by atoms with Crippen molar-refractivity contribution in [2.45, 2.75) is 58.9 Å². The van der Waals surface area contributed by atoms with Crippen LogP contribution in [0.2, 0.25) is 0 Å². The van der Waals surface area contributed by atoms with Gasteiger partial charge in [-0.15, -0.1) is 0 Å². The fraction of sp³-hybridized carbons (Fsp3) is 0.611. The van der Waals surface area contributed by atoms with Crippen molar-refractivity contribution in [2.24, 2.45) is 5.92 Å². The van der Waals surface area contributed by atoms with Crippen molar-refractivity contribution in [3.8, 4) is 6.07 Å². The summed E-state index contributed by atoms with van der Waals surface area (Å²) in [5.41, 5.74) is 1.94. The average Bonchev–Trinajstić information content (AvgIpc) is 2.45. The lowest BCUT2D eigenvalue weighted by atomic mass is 10.0. The Morgan fingerprint density at radius 3 is 2.55 bits per heavy atom. The molecule has 20 heavy (non-hydrogen) atoms. The molecular formula is C18H28N2. The number of unbranched alkanes of at least 4 members (excludes halogenated alkanes) is 3. The lowest BCUT2D eigenvalue weighted by Crippen LogP contribution is -2.19. The van der Waals surface area contributed by atoms with Crippen LogP contribution in [0.3, 0.4) is 0 Å². The van der Waals surface area contributed by atoms with Crippen molar-refractivity contribution in [3.63, 3.8) is 0 Å². The fourth-order valence-corrected chi connectivity index (χ4v) is 2.35. The van der Waals surface area contributed by atoms with E-state index in [0.29, 0.717) is 6.04 Å². The number of hydrogen-bond donors (Lipinski definition) is 1. The van der Waals surface area contributed by atoms with Crippen LogP contribution in [0.4, 0.5) is 0 Å². The first kappa shape index (κ1) is 16.7. The van der Waals surface area contributed by atoms with Crippen LogP contribution in [0, 0.1) is 17.2 Å². The van der Waals surface area contributed by atoms with E-state index >= 15 is 0 Å². The van der Waals surface area contributed by atoms with Gasteiger partial charge < -0.3 is 5.32 Å². The molecule has 0 bridgehead atoms. The van der Waals surface area contributed by atoms with Gasteiger partial charge in [-0.25, -0.2) is 0 Å². The molecule has 2 heteroatoms. The Labute approximate surface area is 124 Å².